The van der Waals surface area contributed by atoms with Crippen molar-refractivity contribution in [2.45, 2.75) is 59.1 Å². The third-order valence-corrected chi connectivity index (χ3v) is 5.78. The summed E-state index contributed by atoms with van der Waals surface area (Å²) in [6.07, 6.45) is 4.59. The average molecular weight is 348 g/mol. The van der Waals surface area contributed by atoms with Gasteiger partial charge in [0.15, 0.2) is 5.96 Å². The molecule has 0 bridgehead atoms. The van der Waals surface area contributed by atoms with Crippen molar-refractivity contribution in [3.8, 4) is 0 Å². The second-order valence-electron chi connectivity index (χ2n) is 6.21. The first-order chi connectivity index (χ1) is 10.8. The van der Waals surface area contributed by atoms with E-state index in [-0.39, 0.29) is 17.7 Å². The van der Waals surface area contributed by atoms with Crippen LogP contribution in [0.2, 0.25) is 0 Å². The molecule has 0 amide bonds. The molecule has 0 heterocycles. The van der Waals surface area contributed by atoms with Gasteiger partial charge >= 0.3 is 0 Å². The Balaban J connectivity index is 2.74. The van der Waals surface area contributed by atoms with Crippen LogP contribution in [0.15, 0.2) is 4.99 Å². The van der Waals surface area contributed by atoms with Gasteiger partial charge in [-0.25, -0.2) is 8.42 Å². The van der Waals surface area contributed by atoms with Crippen molar-refractivity contribution in [2.75, 3.05) is 31.7 Å². The van der Waals surface area contributed by atoms with Gasteiger partial charge in [-0.3, -0.25) is 4.99 Å². The highest BCUT2D eigenvalue weighted by molar-refractivity contribution is 7.90. The van der Waals surface area contributed by atoms with Crippen LogP contribution in [-0.4, -0.2) is 58.2 Å². The lowest BCUT2D eigenvalue weighted by Gasteiger charge is -2.55. The van der Waals surface area contributed by atoms with Crippen molar-refractivity contribution in [3.05, 3.63) is 0 Å². The van der Waals surface area contributed by atoms with Crippen LogP contribution in [0.1, 0.15) is 47.0 Å². The predicted molar refractivity (Wildman–Crippen MR) is 95.7 cm³/mol. The Morgan fingerprint density at radius 2 is 1.91 bits per heavy atom. The molecule has 23 heavy (non-hydrogen) atoms. The molecule has 1 saturated carbocycles. The second kappa shape index (κ2) is 8.87. The van der Waals surface area contributed by atoms with Crippen LogP contribution in [0.3, 0.4) is 0 Å². The van der Waals surface area contributed by atoms with Crippen LogP contribution >= 0.6 is 0 Å². The van der Waals surface area contributed by atoms with E-state index in [2.05, 4.69) is 29.5 Å². The third-order valence-electron chi connectivity index (χ3n) is 4.86. The largest absolute Gasteiger partial charge is 0.378 e. The fourth-order valence-corrected chi connectivity index (χ4v) is 3.81. The Kier molecular flexibility index (Phi) is 7.80. The van der Waals surface area contributed by atoms with Gasteiger partial charge in [0.1, 0.15) is 9.84 Å². The number of guanidine groups is 1. The summed E-state index contributed by atoms with van der Waals surface area (Å²) >= 11 is 0. The molecule has 1 fully saturated rings. The van der Waals surface area contributed by atoms with Gasteiger partial charge in [0.05, 0.1) is 18.4 Å². The van der Waals surface area contributed by atoms with Gasteiger partial charge < -0.3 is 15.4 Å². The first-order valence-corrected chi connectivity index (χ1v) is 10.7. The Hall–Kier alpha value is -0.820. The van der Waals surface area contributed by atoms with E-state index in [1.807, 2.05) is 13.8 Å². The maximum Gasteiger partial charge on any atom is 0.191 e. The molecule has 0 aromatic heterocycles. The molecule has 2 unspecified atom stereocenters. The van der Waals surface area contributed by atoms with Crippen molar-refractivity contribution in [1.82, 2.24) is 10.6 Å². The predicted octanol–water partition coefficient (Wildman–Crippen LogP) is 1.57. The molecule has 0 spiro atoms. The summed E-state index contributed by atoms with van der Waals surface area (Å²) in [5.74, 6) is 0.769. The number of sulfone groups is 1. The lowest BCUT2D eigenvalue weighted by atomic mass is 9.58. The molecule has 7 heteroatoms. The summed E-state index contributed by atoms with van der Waals surface area (Å²) < 4.78 is 28.4. The highest BCUT2D eigenvalue weighted by Gasteiger charge is 2.53. The normalized spacial score (nSPS) is 24.1. The van der Waals surface area contributed by atoms with E-state index < -0.39 is 9.84 Å². The number of hydrogen-bond donors (Lipinski definition) is 2. The van der Waals surface area contributed by atoms with Gasteiger partial charge in [-0.05, 0) is 33.1 Å². The van der Waals surface area contributed by atoms with Crippen molar-refractivity contribution >= 4 is 15.8 Å². The van der Waals surface area contributed by atoms with E-state index in [4.69, 9.17) is 4.74 Å². The van der Waals surface area contributed by atoms with E-state index in [1.54, 1.807) is 0 Å². The minimum Gasteiger partial charge on any atom is -0.378 e. The van der Waals surface area contributed by atoms with Crippen molar-refractivity contribution < 1.29 is 13.2 Å². The maximum absolute atomic E-state index is 11.2. The van der Waals surface area contributed by atoms with Crippen molar-refractivity contribution in [1.29, 1.82) is 0 Å². The molecular weight excluding hydrogens is 314 g/mol. The summed E-state index contributed by atoms with van der Waals surface area (Å²) in [4.78, 5) is 4.40. The van der Waals surface area contributed by atoms with Crippen LogP contribution < -0.4 is 10.6 Å². The fraction of sp³-hybridized carbons (Fsp3) is 0.938. The fourth-order valence-electron chi connectivity index (χ4n) is 3.39. The van der Waals surface area contributed by atoms with E-state index in [9.17, 15) is 8.42 Å². The van der Waals surface area contributed by atoms with Crippen LogP contribution in [0.25, 0.3) is 0 Å². The average Bonchev–Trinajstić information content (AvgIpc) is 2.46. The number of aliphatic imine (C=N–C) groups is 1. The molecular formula is C16H33N3O3S. The molecule has 6 nitrogen and oxygen atoms in total. The zero-order valence-electron chi connectivity index (χ0n) is 15.2. The molecule has 0 radical (unpaired) electrons. The van der Waals surface area contributed by atoms with E-state index in [1.165, 1.54) is 6.26 Å². The number of ether oxygens (including phenoxy) is 1. The van der Waals surface area contributed by atoms with Gasteiger partial charge in [0, 0.05) is 30.9 Å². The van der Waals surface area contributed by atoms with Crippen molar-refractivity contribution in [2.24, 2.45) is 10.4 Å². The van der Waals surface area contributed by atoms with Crippen molar-refractivity contribution in [3.63, 3.8) is 0 Å². The topological polar surface area (TPSA) is 79.8 Å². The highest BCUT2D eigenvalue weighted by atomic mass is 32.2. The lowest BCUT2D eigenvalue weighted by Crippen LogP contribution is -2.65. The number of hydrogen-bond acceptors (Lipinski definition) is 4. The molecule has 2 atom stereocenters. The summed E-state index contributed by atoms with van der Waals surface area (Å²) in [6, 6.07) is 0.310. The number of nitrogens with zero attached hydrogens (tertiary/aromatic N) is 1. The summed E-state index contributed by atoms with van der Waals surface area (Å²) in [5.41, 5.74) is 0.128. The third kappa shape index (κ3) is 5.35. The van der Waals surface area contributed by atoms with E-state index in [0.717, 1.165) is 32.4 Å². The quantitative estimate of drug-likeness (QED) is 0.489. The number of rotatable bonds is 9. The van der Waals surface area contributed by atoms with Gasteiger partial charge in [0.25, 0.3) is 0 Å². The standard InChI is InChI=1S/C16H33N3O3S/c1-6-16(7-2)13(12-14(16)22-9-4)19-15(17-8-3)18-10-11-23(5,20)21/h13-14H,6-12H2,1-5H3,(H2,17,18,19). The Bertz CT molecular complexity index is 487. The van der Waals surface area contributed by atoms with Crippen LogP contribution in [0.4, 0.5) is 0 Å². The van der Waals surface area contributed by atoms with Crippen LogP contribution in [0, 0.1) is 5.41 Å². The zero-order chi connectivity index (χ0) is 17.5. The highest BCUT2D eigenvalue weighted by Crippen LogP contribution is 2.48. The molecule has 1 aliphatic carbocycles. The smallest absolute Gasteiger partial charge is 0.191 e. The maximum atomic E-state index is 11.2. The Morgan fingerprint density at radius 3 is 2.39 bits per heavy atom. The molecule has 0 aromatic rings. The molecule has 0 aliphatic heterocycles. The van der Waals surface area contributed by atoms with E-state index >= 15 is 0 Å². The van der Waals surface area contributed by atoms with E-state index in [0.29, 0.717) is 18.1 Å². The number of nitrogens with one attached hydrogen (secondary N) is 2. The summed E-state index contributed by atoms with van der Waals surface area (Å²) in [6.45, 7) is 10.2. The zero-order valence-corrected chi connectivity index (χ0v) is 16.0. The minimum atomic E-state index is -2.99. The first-order valence-electron chi connectivity index (χ1n) is 8.67. The molecule has 136 valence electrons. The van der Waals surface area contributed by atoms with Gasteiger partial charge in [-0.2, -0.15) is 0 Å². The van der Waals surface area contributed by atoms with Crippen LogP contribution in [-0.2, 0) is 14.6 Å². The lowest BCUT2D eigenvalue weighted by molar-refractivity contribution is -0.133. The monoisotopic (exact) mass is 347 g/mol. The molecule has 0 aromatic carbocycles. The van der Waals surface area contributed by atoms with Gasteiger partial charge in [-0.1, -0.05) is 13.8 Å². The van der Waals surface area contributed by atoms with Gasteiger partial charge in [-0.15, -0.1) is 0 Å². The first kappa shape index (κ1) is 20.2. The van der Waals surface area contributed by atoms with Crippen LogP contribution in [0.5, 0.6) is 0 Å². The van der Waals surface area contributed by atoms with Gasteiger partial charge in [0.2, 0.25) is 0 Å². The molecule has 0 saturated heterocycles. The second-order valence-corrected chi connectivity index (χ2v) is 8.47. The summed E-state index contributed by atoms with van der Waals surface area (Å²) in [5, 5.41) is 6.69. The summed E-state index contributed by atoms with van der Waals surface area (Å²) in [7, 11) is -2.99. The Morgan fingerprint density at radius 1 is 1.26 bits per heavy atom. The molecule has 1 rings (SSSR count). The SMILES string of the molecule is CCNC(=NCCS(C)(=O)=O)NC1CC(OCC)C1(CC)CC. The Labute approximate surface area is 141 Å². The minimum absolute atomic E-state index is 0.0719. The molecule has 1 aliphatic rings. The molecule has 2 N–H and O–H groups in total.